The second kappa shape index (κ2) is 22.3. The highest BCUT2D eigenvalue weighted by molar-refractivity contribution is 9.10. The number of ether oxygens (including phenoxy) is 4. The van der Waals surface area contributed by atoms with Crippen molar-refractivity contribution in [3.8, 4) is 0 Å². The molecule has 5 aliphatic heterocycles. The lowest BCUT2D eigenvalue weighted by atomic mass is 10.0. The Balaban J connectivity index is 0.000000131. The van der Waals surface area contributed by atoms with Gasteiger partial charge in [-0.25, -0.2) is 13.2 Å². The quantitative estimate of drug-likeness (QED) is 0.142. The highest BCUT2D eigenvalue weighted by atomic mass is 79.9. The van der Waals surface area contributed by atoms with Crippen molar-refractivity contribution in [3.05, 3.63) is 113 Å². The minimum absolute atomic E-state index is 0.189. The SMILES string of the molecule is C1CC2(CCN1)OCCO2.Fc1ccc(Br)c2ncccc12.Fc1ccc(N2CCC3(CC2)OCCO3)c2ncccc12.O=C1CCN(c2ccc(F)c3cccnc23)CC1.O=S(=O)(O)O. The molecule has 5 saturated heterocycles. The van der Waals surface area contributed by atoms with E-state index in [1.54, 1.807) is 67.1 Å². The summed E-state index contributed by atoms with van der Waals surface area (Å²) in [4.78, 5) is 28.3. The lowest BCUT2D eigenvalue weighted by Crippen LogP contribution is -2.45. The number of anilines is 2. The topological polar surface area (TPSA) is 186 Å². The van der Waals surface area contributed by atoms with Crippen LogP contribution >= 0.6 is 15.9 Å². The van der Waals surface area contributed by atoms with E-state index < -0.39 is 10.4 Å². The van der Waals surface area contributed by atoms with Gasteiger partial charge in [0.2, 0.25) is 0 Å². The number of nitrogens with zero attached hydrogens (tertiary/aromatic N) is 5. The van der Waals surface area contributed by atoms with Crippen molar-refractivity contribution in [2.45, 2.75) is 50.1 Å². The number of piperidine rings is 3. The third-order valence-corrected chi connectivity index (χ3v) is 12.2. The maximum absolute atomic E-state index is 13.9. The molecule has 3 aromatic heterocycles. The number of aromatic nitrogens is 3. The molecule has 15 nitrogen and oxygen atoms in total. The Kier molecular flexibility index (Phi) is 16.5. The van der Waals surface area contributed by atoms with Crippen molar-refractivity contribution in [1.29, 1.82) is 0 Å². The molecule has 11 rings (SSSR count). The fourth-order valence-corrected chi connectivity index (χ4v) is 8.77. The molecule has 0 bridgehead atoms. The molecule has 0 radical (unpaired) electrons. The average molecular weight is 1000 g/mol. The fourth-order valence-electron chi connectivity index (χ4n) is 8.32. The van der Waals surface area contributed by atoms with Crippen LogP contribution in [-0.4, -0.2) is 116 Å². The molecular weight excluding hydrogens is 950 g/mol. The van der Waals surface area contributed by atoms with E-state index in [0.717, 1.165) is 86.4 Å². The van der Waals surface area contributed by atoms with Crippen LogP contribution in [0.5, 0.6) is 0 Å². The summed E-state index contributed by atoms with van der Waals surface area (Å²) in [6, 6.07) is 20.1. The summed E-state index contributed by atoms with van der Waals surface area (Å²) in [5.41, 5.74) is 3.96. The van der Waals surface area contributed by atoms with Gasteiger partial charge in [-0.05, 0) is 88.7 Å². The van der Waals surface area contributed by atoms with Crippen LogP contribution in [-0.2, 0) is 34.1 Å². The molecule has 8 heterocycles. The van der Waals surface area contributed by atoms with Gasteiger partial charge in [0.25, 0.3) is 0 Å². The number of pyridine rings is 3. The highest BCUT2D eigenvalue weighted by Gasteiger charge is 2.40. The zero-order chi connectivity index (χ0) is 46.7. The second-order valence-electron chi connectivity index (χ2n) is 15.8. The van der Waals surface area contributed by atoms with Gasteiger partial charge in [-0.15, -0.1) is 0 Å². The van der Waals surface area contributed by atoms with Crippen molar-refractivity contribution < 1.29 is 54.4 Å². The van der Waals surface area contributed by atoms with Gasteiger partial charge in [-0.3, -0.25) is 28.9 Å². The van der Waals surface area contributed by atoms with Gasteiger partial charge in [0, 0.05) is 117 Å². The van der Waals surface area contributed by atoms with E-state index >= 15 is 0 Å². The summed E-state index contributed by atoms with van der Waals surface area (Å²) in [6.45, 7) is 8.02. The van der Waals surface area contributed by atoms with Crippen molar-refractivity contribution in [2.24, 2.45) is 0 Å². The number of ketones is 1. The second-order valence-corrected chi connectivity index (χ2v) is 17.5. The first-order valence-corrected chi connectivity index (χ1v) is 23.7. The van der Waals surface area contributed by atoms with E-state index in [1.165, 1.54) is 18.2 Å². The summed E-state index contributed by atoms with van der Waals surface area (Å²) in [5, 5.41) is 4.93. The van der Waals surface area contributed by atoms with E-state index in [-0.39, 0.29) is 29.0 Å². The number of hydrogen-bond acceptors (Lipinski definition) is 13. The summed E-state index contributed by atoms with van der Waals surface area (Å²) in [7, 11) is -4.67. The molecule has 352 valence electrons. The van der Waals surface area contributed by atoms with Crippen LogP contribution in [0.1, 0.15) is 38.5 Å². The Morgan fingerprint density at radius 1 is 0.576 bits per heavy atom. The number of rotatable bonds is 2. The standard InChI is InChI=1S/C16H17FN2O2.C14H13FN2O.C9H5BrFN.C7H13NO2.H2O4S/c17-13-3-4-14(15-12(13)2-1-7-18-15)19-8-5-16(6-9-19)20-10-11-21-16;15-12-3-4-13(14-11(12)2-1-7-16-14)17-8-5-10(18)6-9-17;10-7-3-4-8(11)6-2-1-5-12-9(6)7;1-3-8-4-2-7(1)9-5-6-10-7;1-5(2,3)4/h1-4,7H,5-6,8-11H2;1-4,7H,5-6,8-9H2;1-5H;8H,1-6H2;(H2,1,2,3,4). The van der Waals surface area contributed by atoms with E-state index in [0.29, 0.717) is 72.1 Å². The maximum atomic E-state index is 13.9. The molecule has 5 fully saturated rings. The maximum Gasteiger partial charge on any atom is 0.394 e. The molecule has 0 unspecified atom stereocenters. The van der Waals surface area contributed by atoms with Gasteiger partial charge in [0.1, 0.15) is 23.2 Å². The molecule has 3 aromatic carbocycles. The summed E-state index contributed by atoms with van der Waals surface area (Å²) >= 11 is 3.30. The van der Waals surface area contributed by atoms with E-state index in [1.807, 2.05) is 6.07 Å². The average Bonchev–Trinajstić information content (AvgIpc) is 3.99. The molecular formula is C46H50BrF3N6O9S. The van der Waals surface area contributed by atoms with Crippen molar-refractivity contribution in [1.82, 2.24) is 20.3 Å². The fraction of sp³-hybridized carbons (Fsp3) is 0.391. The van der Waals surface area contributed by atoms with Crippen molar-refractivity contribution in [2.75, 3.05) is 75.5 Å². The van der Waals surface area contributed by atoms with Crippen LogP contribution in [0.4, 0.5) is 24.5 Å². The molecule has 0 aliphatic carbocycles. The van der Waals surface area contributed by atoms with Crippen LogP contribution in [0.3, 0.4) is 0 Å². The molecule has 2 spiro atoms. The first-order valence-electron chi connectivity index (χ1n) is 21.5. The Hall–Kier alpha value is -4.90. The van der Waals surface area contributed by atoms with Gasteiger partial charge in [0.15, 0.2) is 11.6 Å². The van der Waals surface area contributed by atoms with Crippen LogP contribution in [0.25, 0.3) is 32.7 Å². The molecule has 66 heavy (non-hydrogen) atoms. The number of benzene rings is 3. The van der Waals surface area contributed by atoms with E-state index in [9.17, 15) is 18.0 Å². The molecule has 6 aromatic rings. The van der Waals surface area contributed by atoms with Crippen LogP contribution < -0.4 is 15.1 Å². The van der Waals surface area contributed by atoms with Gasteiger partial charge >= 0.3 is 10.4 Å². The normalized spacial score (nSPS) is 18.7. The van der Waals surface area contributed by atoms with Gasteiger partial charge in [-0.1, -0.05) is 0 Å². The summed E-state index contributed by atoms with van der Waals surface area (Å²) < 4.78 is 95.6. The third kappa shape index (κ3) is 12.7. The molecule has 0 saturated carbocycles. The number of Topliss-reactive ketones (excluding diaryl/α,β-unsaturated/α-hetero) is 1. The predicted octanol–water partition coefficient (Wildman–Crippen LogP) is 7.86. The van der Waals surface area contributed by atoms with Crippen LogP contribution in [0.15, 0.2) is 95.9 Å². The molecule has 0 amide bonds. The lowest BCUT2D eigenvalue weighted by Gasteiger charge is -2.38. The number of hydrogen-bond donors (Lipinski definition) is 3. The molecule has 0 atom stereocenters. The zero-order valence-electron chi connectivity index (χ0n) is 35.9. The Labute approximate surface area is 388 Å². The Morgan fingerprint density at radius 2 is 0.955 bits per heavy atom. The largest absolute Gasteiger partial charge is 0.394 e. The molecule has 20 heteroatoms. The number of fused-ring (bicyclic) bond motifs is 3. The first kappa shape index (κ1) is 49.0. The summed E-state index contributed by atoms with van der Waals surface area (Å²) in [6.07, 6.45) is 9.82. The first-order chi connectivity index (χ1) is 31.7. The Bertz CT molecular complexity index is 2650. The van der Waals surface area contributed by atoms with Crippen molar-refractivity contribution in [3.63, 3.8) is 0 Å². The predicted molar refractivity (Wildman–Crippen MR) is 246 cm³/mol. The number of nitrogens with one attached hydrogen (secondary N) is 1. The minimum atomic E-state index is -4.67. The van der Waals surface area contributed by atoms with Gasteiger partial charge in [-0.2, -0.15) is 8.42 Å². The van der Waals surface area contributed by atoms with Crippen molar-refractivity contribution >= 4 is 76.2 Å². The molecule has 5 aliphatic rings. The zero-order valence-corrected chi connectivity index (χ0v) is 38.3. The monoisotopic (exact) mass is 998 g/mol. The van der Waals surface area contributed by atoms with E-state index in [2.05, 4.69) is 46.0 Å². The number of carbonyl (C=O) groups is 1. The van der Waals surface area contributed by atoms with Crippen LogP contribution in [0, 0.1) is 17.5 Å². The smallest absolute Gasteiger partial charge is 0.369 e. The molecule has 3 N–H and O–H groups in total. The van der Waals surface area contributed by atoms with Crippen LogP contribution in [0.2, 0.25) is 0 Å². The van der Waals surface area contributed by atoms with Gasteiger partial charge < -0.3 is 34.1 Å². The lowest BCUT2D eigenvalue weighted by molar-refractivity contribution is -0.172. The van der Waals surface area contributed by atoms with E-state index in [4.69, 9.17) is 36.5 Å². The number of halogens is 4. The summed E-state index contributed by atoms with van der Waals surface area (Å²) in [5.74, 6) is -0.995. The highest BCUT2D eigenvalue weighted by Crippen LogP contribution is 2.36. The Morgan fingerprint density at radius 3 is 1.39 bits per heavy atom. The number of carbonyl (C=O) groups excluding carboxylic acids is 1. The minimum Gasteiger partial charge on any atom is -0.369 e. The third-order valence-electron chi connectivity index (χ3n) is 11.6. The van der Waals surface area contributed by atoms with Gasteiger partial charge in [0.05, 0.1) is 54.4 Å².